The number of hydrogen-bond acceptors (Lipinski definition) is 4. The molecule has 3 nitrogen and oxygen atoms in total. The van der Waals surface area contributed by atoms with E-state index in [9.17, 15) is 4.79 Å². The second-order valence-electron chi connectivity index (χ2n) is 5.03. The van der Waals surface area contributed by atoms with E-state index in [1.165, 1.54) is 30.6 Å². The van der Waals surface area contributed by atoms with Gasteiger partial charge < -0.3 is 9.72 Å². The summed E-state index contributed by atoms with van der Waals surface area (Å²) in [4.78, 5) is 16.0. The summed E-state index contributed by atoms with van der Waals surface area (Å²) in [5, 5.41) is 0. The van der Waals surface area contributed by atoms with Crippen LogP contribution in [0, 0.1) is 16.8 Å². The third kappa shape index (κ3) is 3.42. The number of carbonyl (C=O) groups is 1. The van der Waals surface area contributed by atoms with Gasteiger partial charge in [0, 0.05) is 10.6 Å². The average molecular weight is 285 g/mol. The molecule has 1 aromatic rings. The Morgan fingerprint density at radius 3 is 2.83 bits per heavy atom. The Bertz CT molecular complexity index is 478. The van der Waals surface area contributed by atoms with Crippen molar-refractivity contribution in [2.75, 3.05) is 0 Å². The van der Waals surface area contributed by atoms with Gasteiger partial charge in [-0.15, -0.1) is 11.3 Å². The minimum Gasteiger partial charge on any atom is -0.462 e. The zero-order valence-corrected chi connectivity index (χ0v) is 12.5. The molecule has 1 heterocycles. The Labute approximate surface area is 117 Å². The summed E-state index contributed by atoms with van der Waals surface area (Å²) in [5.74, 6) is 0.371. The Hall–Kier alpha value is -0.680. The number of ether oxygens (including phenoxy) is 1. The first-order chi connectivity index (χ1) is 8.56. The van der Waals surface area contributed by atoms with Crippen molar-refractivity contribution < 1.29 is 9.53 Å². The monoisotopic (exact) mass is 285 g/mol. The van der Waals surface area contributed by atoms with Crippen LogP contribution in [0.15, 0.2) is 0 Å². The van der Waals surface area contributed by atoms with E-state index in [0.717, 1.165) is 20.9 Å². The first-order valence-corrected chi connectivity index (χ1v) is 7.67. The molecule has 0 aromatic carbocycles. The molecule has 0 saturated heterocycles. The van der Waals surface area contributed by atoms with Crippen LogP contribution in [0.1, 0.15) is 43.2 Å². The predicted octanol–water partition coefficient (Wildman–Crippen LogP) is 3.78. The molecule has 0 spiro atoms. The molecule has 1 saturated carbocycles. The van der Waals surface area contributed by atoms with Crippen LogP contribution < -0.4 is 0 Å². The number of thiazole rings is 1. The van der Waals surface area contributed by atoms with Gasteiger partial charge in [0.25, 0.3) is 0 Å². The summed E-state index contributed by atoms with van der Waals surface area (Å²) in [6.45, 7) is 4.11. The topological polar surface area (TPSA) is 42.1 Å². The molecule has 1 N–H and O–H groups in total. The number of carbonyl (C=O) groups excluding carboxylic acids is 1. The summed E-state index contributed by atoms with van der Waals surface area (Å²) in [6, 6.07) is 0. The fourth-order valence-electron chi connectivity index (χ4n) is 2.40. The molecule has 18 heavy (non-hydrogen) atoms. The quantitative estimate of drug-likeness (QED) is 0.679. The van der Waals surface area contributed by atoms with Crippen LogP contribution in [0.4, 0.5) is 0 Å². The lowest BCUT2D eigenvalue weighted by Gasteiger charge is -2.28. The molecule has 1 fully saturated rings. The number of nitrogens with one attached hydrogen (secondary N) is 1. The van der Waals surface area contributed by atoms with E-state index in [1.807, 2.05) is 6.92 Å². The van der Waals surface area contributed by atoms with Crippen molar-refractivity contribution in [1.82, 2.24) is 4.98 Å². The fourth-order valence-corrected chi connectivity index (χ4v) is 3.68. The SMILES string of the molecule is Cc1[nH]c(=S)sc1CC(=O)OC1CCCCC1C. The van der Waals surface area contributed by atoms with Gasteiger partial charge in [-0.05, 0) is 44.3 Å². The normalized spacial score (nSPS) is 23.9. The molecule has 2 rings (SSSR count). The average Bonchev–Trinajstić information content (AvgIpc) is 2.61. The van der Waals surface area contributed by atoms with Crippen molar-refractivity contribution in [3.05, 3.63) is 14.5 Å². The van der Waals surface area contributed by atoms with E-state index >= 15 is 0 Å². The predicted molar refractivity (Wildman–Crippen MR) is 75.5 cm³/mol. The van der Waals surface area contributed by atoms with Crippen LogP contribution in [0.2, 0.25) is 0 Å². The lowest BCUT2D eigenvalue weighted by atomic mass is 9.88. The van der Waals surface area contributed by atoms with Crippen molar-refractivity contribution in [1.29, 1.82) is 0 Å². The first-order valence-electron chi connectivity index (χ1n) is 6.44. The van der Waals surface area contributed by atoms with E-state index < -0.39 is 0 Å². The van der Waals surface area contributed by atoms with Gasteiger partial charge >= 0.3 is 5.97 Å². The zero-order chi connectivity index (χ0) is 13.1. The highest BCUT2D eigenvalue weighted by Crippen LogP contribution is 2.27. The van der Waals surface area contributed by atoms with Gasteiger partial charge in [0.05, 0.1) is 6.42 Å². The summed E-state index contributed by atoms with van der Waals surface area (Å²) in [7, 11) is 0. The second kappa shape index (κ2) is 5.97. The Kier molecular flexibility index (Phi) is 4.56. The van der Waals surface area contributed by atoms with Crippen molar-refractivity contribution in [3.63, 3.8) is 0 Å². The third-order valence-electron chi connectivity index (χ3n) is 3.54. The van der Waals surface area contributed by atoms with Gasteiger partial charge in [-0.2, -0.15) is 0 Å². The Morgan fingerprint density at radius 1 is 1.50 bits per heavy atom. The Balaban J connectivity index is 1.92. The Morgan fingerprint density at radius 2 is 2.22 bits per heavy atom. The van der Waals surface area contributed by atoms with Crippen LogP contribution in [-0.4, -0.2) is 17.1 Å². The van der Waals surface area contributed by atoms with E-state index in [4.69, 9.17) is 17.0 Å². The van der Waals surface area contributed by atoms with Crippen molar-refractivity contribution >= 4 is 29.5 Å². The van der Waals surface area contributed by atoms with E-state index in [2.05, 4.69) is 11.9 Å². The highest BCUT2D eigenvalue weighted by atomic mass is 32.1. The van der Waals surface area contributed by atoms with E-state index in [0.29, 0.717) is 12.3 Å². The van der Waals surface area contributed by atoms with Crippen LogP contribution in [0.25, 0.3) is 0 Å². The number of rotatable bonds is 3. The maximum Gasteiger partial charge on any atom is 0.311 e. The molecule has 0 bridgehead atoms. The molecule has 2 atom stereocenters. The number of aryl methyl sites for hydroxylation is 1. The smallest absolute Gasteiger partial charge is 0.311 e. The van der Waals surface area contributed by atoms with Gasteiger partial charge in [0.2, 0.25) is 0 Å². The maximum atomic E-state index is 11.9. The first kappa shape index (κ1) is 13.7. The number of esters is 1. The number of aromatic nitrogens is 1. The van der Waals surface area contributed by atoms with Crippen molar-refractivity contribution in [2.24, 2.45) is 5.92 Å². The molecular weight excluding hydrogens is 266 g/mol. The lowest BCUT2D eigenvalue weighted by molar-refractivity contribution is -0.152. The van der Waals surface area contributed by atoms with Crippen LogP contribution >= 0.6 is 23.6 Å². The highest BCUT2D eigenvalue weighted by Gasteiger charge is 2.25. The van der Waals surface area contributed by atoms with Gasteiger partial charge in [-0.25, -0.2) is 0 Å². The molecule has 0 amide bonds. The molecule has 0 aliphatic heterocycles. The minimum atomic E-state index is -0.123. The van der Waals surface area contributed by atoms with Gasteiger partial charge in [-0.1, -0.05) is 13.3 Å². The van der Waals surface area contributed by atoms with Gasteiger partial charge in [-0.3, -0.25) is 4.79 Å². The molecule has 100 valence electrons. The number of aromatic amines is 1. The second-order valence-corrected chi connectivity index (χ2v) is 6.80. The van der Waals surface area contributed by atoms with Crippen LogP contribution in [0.5, 0.6) is 0 Å². The summed E-state index contributed by atoms with van der Waals surface area (Å²) in [5.41, 5.74) is 0.985. The van der Waals surface area contributed by atoms with E-state index in [1.54, 1.807) is 0 Å². The van der Waals surface area contributed by atoms with Crippen LogP contribution in [-0.2, 0) is 16.0 Å². The van der Waals surface area contributed by atoms with Gasteiger partial charge in [0.15, 0.2) is 3.95 Å². The standard InChI is InChI=1S/C13H19NO2S2/c1-8-5-3-4-6-10(8)16-12(15)7-11-9(2)14-13(17)18-11/h8,10H,3-7H2,1-2H3,(H,14,17). The van der Waals surface area contributed by atoms with Gasteiger partial charge in [0.1, 0.15) is 6.10 Å². The maximum absolute atomic E-state index is 11.9. The minimum absolute atomic E-state index is 0.110. The number of H-pyrrole nitrogens is 1. The summed E-state index contributed by atoms with van der Waals surface area (Å²) >= 11 is 6.53. The third-order valence-corrected chi connectivity index (χ3v) is 4.88. The zero-order valence-electron chi connectivity index (χ0n) is 10.8. The molecular formula is C13H19NO2S2. The molecule has 5 heteroatoms. The fraction of sp³-hybridized carbons (Fsp3) is 0.692. The molecule has 2 unspecified atom stereocenters. The van der Waals surface area contributed by atoms with E-state index in [-0.39, 0.29) is 12.1 Å². The lowest BCUT2D eigenvalue weighted by Crippen LogP contribution is -2.28. The number of hydrogen-bond donors (Lipinski definition) is 1. The summed E-state index contributed by atoms with van der Waals surface area (Å²) in [6.07, 6.45) is 5.05. The highest BCUT2D eigenvalue weighted by molar-refractivity contribution is 7.73. The summed E-state index contributed by atoms with van der Waals surface area (Å²) < 4.78 is 6.32. The van der Waals surface area contributed by atoms with Crippen LogP contribution in [0.3, 0.4) is 0 Å². The molecule has 1 aliphatic carbocycles. The molecule has 1 aromatic heterocycles. The van der Waals surface area contributed by atoms with Crippen molar-refractivity contribution in [3.8, 4) is 0 Å². The largest absolute Gasteiger partial charge is 0.462 e. The molecule has 1 aliphatic rings. The van der Waals surface area contributed by atoms with Crippen molar-refractivity contribution in [2.45, 2.75) is 52.1 Å². The molecule has 0 radical (unpaired) electrons.